The predicted molar refractivity (Wildman–Crippen MR) is 82.0 cm³/mol. The van der Waals surface area contributed by atoms with Crippen LogP contribution in [0.4, 0.5) is 0 Å². The van der Waals surface area contributed by atoms with E-state index in [1.165, 1.54) is 67.5 Å². The summed E-state index contributed by atoms with van der Waals surface area (Å²) in [5, 5.41) is 0. The van der Waals surface area contributed by atoms with E-state index < -0.39 is 0 Å². The van der Waals surface area contributed by atoms with Gasteiger partial charge in [0, 0.05) is 0 Å². The molecule has 0 unspecified atom stereocenters. The van der Waals surface area contributed by atoms with Crippen LogP contribution in [0.25, 0.3) is 0 Å². The van der Waals surface area contributed by atoms with Crippen molar-refractivity contribution < 1.29 is 19.9 Å². The first-order valence-electron chi connectivity index (χ1n) is 7.62. The fourth-order valence-electron chi connectivity index (χ4n) is 2.24. The minimum atomic E-state index is 0. The molecule has 0 aliphatic rings. The van der Waals surface area contributed by atoms with Gasteiger partial charge in [-0.05, 0) is 47.0 Å². The molecule has 120 valence electrons. The molecule has 0 aromatic heterocycles. The van der Waals surface area contributed by atoms with E-state index in [4.69, 9.17) is 0 Å². The van der Waals surface area contributed by atoms with Gasteiger partial charge >= 0.3 is 0 Å². The van der Waals surface area contributed by atoms with E-state index in [1.54, 1.807) is 0 Å². The SMILES string of the molecule is CC[N+](C)(CC)CCCCC[N+](C)(CC)CC.[OH-].[OH-]. The highest BCUT2D eigenvalue weighted by Gasteiger charge is 2.17. The van der Waals surface area contributed by atoms with Crippen LogP contribution in [0, 0.1) is 0 Å². The maximum Gasteiger partial charge on any atom is 0.0784 e. The molecule has 0 radical (unpaired) electrons. The highest BCUT2D eigenvalue weighted by molar-refractivity contribution is 4.44. The highest BCUT2D eigenvalue weighted by Crippen LogP contribution is 2.09. The van der Waals surface area contributed by atoms with Crippen LogP contribution in [0.5, 0.6) is 0 Å². The van der Waals surface area contributed by atoms with Gasteiger partial charge in [-0.15, -0.1) is 0 Å². The number of hydrogen-bond acceptors (Lipinski definition) is 2. The molecule has 0 heterocycles. The Morgan fingerprint density at radius 3 is 1.00 bits per heavy atom. The largest absolute Gasteiger partial charge is 0.870 e. The Morgan fingerprint density at radius 1 is 0.526 bits per heavy atom. The number of nitrogens with zero attached hydrogens (tertiary/aromatic N) is 2. The normalized spacial score (nSPS) is 11.7. The summed E-state index contributed by atoms with van der Waals surface area (Å²) in [6, 6.07) is 0. The van der Waals surface area contributed by atoms with Crippen molar-refractivity contribution in [2.45, 2.75) is 47.0 Å². The summed E-state index contributed by atoms with van der Waals surface area (Å²) in [4.78, 5) is 0. The minimum Gasteiger partial charge on any atom is -0.870 e. The molecule has 0 rings (SSSR count). The van der Waals surface area contributed by atoms with Crippen molar-refractivity contribution in [3.8, 4) is 0 Å². The Labute approximate surface area is 121 Å². The van der Waals surface area contributed by atoms with Gasteiger partial charge in [0.05, 0.1) is 53.4 Å². The zero-order valence-electron chi connectivity index (χ0n) is 14.2. The maximum atomic E-state index is 2.39. The topological polar surface area (TPSA) is 60.0 Å². The molecule has 4 heteroatoms. The van der Waals surface area contributed by atoms with Crippen molar-refractivity contribution in [1.82, 2.24) is 0 Å². The van der Waals surface area contributed by atoms with Crippen LogP contribution in [0.3, 0.4) is 0 Å². The molecule has 0 saturated carbocycles. The summed E-state index contributed by atoms with van der Waals surface area (Å²) in [6.45, 7) is 17.0. The van der Waals surface area contributed by atoms with Crippen molar-refractivity contribution in [2.75, 3.05) is 53.4 Å². The fourth-order valence-corrected chi connectivity index (χ4v) is 2.24. The molecule has 0 aromatic carbocycles. The first kappa shape index (κ1) is 23.9. The van der Waals surface area contributed by atoms with E-state index in [-0.39, 0.29) is 11.0 Å². The molecule has 2 N–H and O–H groups in total. The predicted octanol–water partition coefficient (Wildman–Crippen LogP) is 2.78. The van der Waals surface area contributed by atoms with Crippen LogP contribution in [0.1, 0.15) is 47.0 Å². The Morgan fingerprint density at radius 2 is 0.789 bits per heavy atom. The summed E-state index contributed by atoms with van der Waals surface area (Å²) in [5.74, 6) is 0. The lowest BCUT2D eigenvalue weighted by molar-refractivity contribution is -0.908. The summed E-state index contributed by atoms with van der Waals surface area (Å²) in [5.41, 5.74) is 0. The monoisotopic (exact) mass is 278 g/mol. The molecule has 0 bridgehead atoms. The Hall–Kier alpha value is -0.160. The van der Waals surface area contributed by atoms with Crippen LogP contribution in [-0.2, 0) is 0 Å². The molecular formula is C15H38N2O2. The Kier molecular flexibility index (Phi) is 14.7. The van der Waals surface area contributed by atoms with E-state index in [2.05, 4.69) is 41.8 Å². The van der Waals surface area contributed by atoms with E-state index in [0.717, 1.165) is 0 Å². The van der Waals surface area contributed by atoms with E-state index in [9.17, 15) is 0 Å². The van der Waals surface area contributed by atoms with Gasteiger partial charge in [0.2, 0.25) is 0 Å². The maximum absolute atomic E-state index is 2.39. The van der Waals surface area contributed by atoms with Crippen LogP contribution < -0.4 is 0 Å². The van der Waals surface area contributed by atoms with Gasteiger partial charge in [-0.1, -0.05) is 0 Å². The fraction of sp³-hybridized carbons (Fsp3) is 1.00. The summed E-state index contributed by atoms with van der Waals surface area (Å²) >= 11 is 0. The smallest absolute Gasteiger partial charge is 0.0784 e. The molecule has 0 aliphatic carbocycles. The van der Waals surface area contributed by atoms with Crippen molar-refractivity contribution >= 4 is 0 Å². The standard InChI is InChI=1S/C15H36N2.2H2O/c1-7-16(5,8-2)14-12-11-13-15-17(6,9-3)10-4;;/h7-15H2,1-6H3;2*1H2/q+2;;/p-2. The lowest BCUT2D eigenvalue weighted by Gasteiger charge is -2.33. The second-order valence-electron chi connectivity index (χ2n) is 6.01. The van der Waals surface area contributed by atoms with Gasteiger partial charge in [0.1, 0.15) is 0 Å². The van der Waals surface area contributed by atoms with Crippen LogP contribution >= 0.6 is 0 Å². The van der Waals surface area contributed by atoms with E-state index >= 15 is 0 Å². The number of unbranched alkanes of at least 4 members (excludes halogenated alkanes) is 2. The van der Waals surface area contributed by atoms with Gasteiger partial charge in [0.25, 0.3) is 0 Å². The molecule has 0 amide bonds. The second kappa shape index (κ2) is 11.6. The van der Waals surface area contributed by atoms with Crippen molar-refractivity contribution in [2.24, 2.45) is 0 Å². The number of quaternary nitrogens is 2. The third kappa shape index (κ3) is 9.38. The molecule has 0 spiro atoms. The second-order valence-corrected chi connectivity index (χ2v) is 6.01. The van der Waals surface area contributed by atoms with Crippen molar-refractivity contribution in [3.05, 3.63) is 0 Å². The molecule has 0 atom stereocenters. The average molecular weight is 278 g/mol. The number of hydrogen-bond donors (Lipinski definition) is 0. The third-order valence-electron chi connectivity index (χ3n) is 4.95. The van der Waals surface area contributed by atoms with Gasteiger partial charge in [0.15, 0.2) is 0 Å². The average Bonchev–Trinajstić information content (AvgIpc) is 2.37. The van der Waals surface area contributed by atoms with Crippen LogP contribution in [0.15, 0.2) is 0 Å². The summed E-state index contributed by atoms with van der Waals surface area (Å²) in [6.07, 6.45) is 4.19. The lowest BCUT2D eigenvalue weighted by atomic mass is 10.2. The molecule has 19 heavy (non-hydrogen) atoms. The lowest BCUT2D eigenvalue weighted by Crippen LogP contribution is -2.45. The highest BCUT2D eigenvalue weighted by atomic mass is 16.0. The van der Waals surface area contributed by atoms with E-state index in [0.29, 0.717) is 0 Å². The van der Waals surface area contributed by atoms with Gasteiger partial charge in [-0.2, -0.15) is 0 Å². The number of rotatable bonds is 10. The van der Waals surface area contributed by atoms with Crippen molar-refractivity contribution in [3.63, 3.8) is 0 Å². The minimum absolute atomic E-state index is 0. The van der Waals surface area contributed by atoms with Gasteiger partial charge in [-0.3, -0.25) is 0 Å². The van der Waals surface area contributed by atoms with Crippen LogP contribution in [-0.4, -0.2) is 73.3 Å². The summed E-state index contributed by atoms with van der Waals surface area (Å²) < 4.78 is 2.49. The van der Waals surface area contributed by atoms with Crippen LogP contribution in [0.2, 0.25) is 0 Å². The van der Waals surface area contributed by atoms with Gasteiger partial charge < -0.3 is 19.9 Å². The van der Waals surface area contributed by atoms with E-state index in [1.807, 2.05) is 0 Å². The molecule has 0 saturated heterocycles. The van der Waals surface area contributed by atoms with Gasteiger partial charge in [-0.25, -0.2) is 0 Å². The zero-order valence-corrected chi connectivity index (χ0v) is 14.2. The molecular weight excluding hydrogens is 240 g/mol. The quantitative estimate of drug-likeness (QED) is 0.456. The summed E-state index contributed by atoms with van der Waals surface area (Å²) in [7, 11) is 4.77. The molecule has 0 aliphatic heterocycles. The molecule has 0 aromatic rings. The Balaban J connectivity index is -0.00000128. The first-order valence-corrected chi connectivity index (χ1v) is 7.62. The third-order valence-corrected chi connectivity index (χ3v) is 4.95. The first-order chi connectivity index (χ1) is 7.95. The van der Waals surface area contributed by atoms with Crippen molar-refractivity contribution in [1.29, 1.82) is 0 Å². The molecule has 0 fully saturated rings. The molecule has 4 nitrogen and oxygen atoms in total. The Bertz CT molecular complexity index is 171. The zero-order chi connectivity index (χ0) is 13.4.